The van der Waals surface area contributed by atoms with Gasteiger partial charge in [0, 0.05) is 24.8 Å². The van der Waals surface area contributed by atoms with E-state index in [2.05, 4.69) is 10.3 Å². The minimum absolute atomic E-state index is 0.0672. The topological polar surface area (TPSA) is 55.1 Å². The third kappa shape index (κ3) is 4.91. The first-order valence-electron chi connectivity index (χ1n) is 7.73. The van der Waals surface area contributed by atoms with E-state index >= 15 is 0 Å². The van der Waals surface area contributed by atoms with E-state index in [9.17, 15) is 9.18 Å². The molecule has 1 amide bonds. The number of carbonyl (C=O) groups is 1. The first kappa shape index (κ1) is 17.2. The molecule has 4 nitrogen and oxygen atoms in total. The van der Waals surface area contributed by atoms with Crippen molar-refractivity contribution in [1.29, 1.82) is 0 Å². The van der Waals surface area contributed by atoms with Crippen LogP contribution in [-0.2, 0) is 23.2 Å². The van der Waals surface area contributed by atoms with Crippen LogP contribution < -0.4 is 5.32 Å². The number of benzene rings is 1. The molecule has 1 aromatic heterocycles. The molecular formula is C18H23FN2O2. The Kier molecular flexibility index (Phi) is 5.19. The summed E-state index contributed by atoms with van der Waals surface area (Å²) in [5.74, 6) is 1.10. The molecule has 0 saturated carbocycles. The van der Waals surface area contributed by atoms with Crippen molar-refractivity contribution in [3.05, 3.63) is 53.0 Å². The minimum Gasteiger partial charge on any atom is -0.445 e. The van der Waals surface area contributed by atoms with Crippen molar-refractivity contribution in [1.82, 2.24) is 10.3 Å². The Balaban J connectivity index is 1.85. The second kappa shape index (κ2) is 6.94. The van der Waals surface area contributed by atoms with Gasteiger partial charge in [0.05, 0.1) is 5.69 Å². The molecule has 0 atom stereocenters. The maximum Gasteiger partial charge on any atom is 0.220 e. The lowest BCUT2D eigenvalue weighted by molar-refractivity contribution is -0.121. The standard InChI is InChI=1S/C18H23FN2O2/c1-12-15(23-17(21-12)18(2,3)4)9-10-16(22)20-11-13-5-7-14(19)8-6-13/h5-8H,9-11H2,1-4H3,(H,20,22). The van der Waals surface area contributed by atoms with E-state index in [1.54, 1.807) is 12.1 Å². The summed E-state index contributed by atoms with van der Waals surface area (Å²) in [4.78, 5) is 16.4. The van der Waals surface area contributed by atoms with Crippen LogP contribution in [0.3, 0.4) is 0 Å². The average Bonchev–Trinajstić information content (AvgIpc) is 2.86. The molecule has 5 heteroatoms. The van der Waals surface area contributed by atoms with Gasteiger partial charge in [-0.05, 0) is 24.6 Å². The predicted octanol–water partition coefficient (Wildman–Crippen LogP) is 3.67. The fourth-order valence-corrected chi connectivity index (χ4v) is 2.10. The molecule has 0 aliphatic rings. The van der Waals surface area contributed by atoms with Gasteiger partial charge in [-0.15, -0.1) is 0 Å². The lowest BCUT2D eigenvalue weighted by atomic mass is 9.97. The Morgan fingerprint density at radius 1 is 1.26 bits per heavy atom. The van der Waals surface area contributed by atoms with E-state index in [1.165, 1.54) is 12.1 Å². The van der Waals surface area contributed by atoms with E-state index in [0.29, 0.717) is 25.3 Å². The Hall–Kier alpha value is -2.17. The first-order valence-corrected chi connectivity index (χ1v) is 7.73. The van der Waals surface area contributed by atoms with E-state index < -0.39 is 0 Å². The Labute approximate surface area is 136 Å². The van der Waals surface area contributed by atoms with Gasteiger partial charge in [0.1, 0.15) is 11.6 Å². The SMILES string of the molecule is Cc1nc(C(C)(C)C)oc1CCC(=O)NCc1ccc(F)cc1. The van der Waals surface area contributed by atoms with E-state index in [0.717, 1.165) is 17.0 Å². The van der Waals surface area contributed by atoms with E-state index in [1.807, 2.05) is 27.7 Å². The van der Waals surface area contributed by atoms with Gasteiger partial charge < -0.3 is 9.73 Å². The number of hydrogen-bond donors (Lipinski definition) is 1. The van der Waals surface area contributed by atoms with Crippen LogP contribution in [0.4, 0.5) is 4.39 Å². The van der Waals surface area contributed by atoms with E-state index in [-0.39, 0.29) is 17.1 Å². The normalized spacial score (nSPS) is 11.5. The number of hydrogen-bond acceptors (Lipinski definition) is 3. The molecule has 0 aliphatic heterocycles. The highest BCUT2D eigenvalue weighted by Gasteiger charge is 2.22. The van der Waals surface area contributed by atoms with Crippen molar-refractivity contribution in [2.24, 2.45) is 0 Å². The quantitative estimate of drug-likeness (QED) is 0.915. The van der Waals surface area contributed by atoms with Crippen molar-refractivity contribution in [3.8, 4) is 0 Å². The molecule has 0 bridgehead atoms. The molecule has 2 rings (SSSR count). The van der Waals surface area contributed by atoms with Gasteiger partial charge in [0.15, 0.2) is 5.89 Å². The molecule has 0 unspecified atom stereocenters. The number of rotatable bonds is 5. The molecule has 1 N–H and O–H groups in total. The molecule has 1 heterocycles. The number of halogens is 1. The zero-order chi connectivity index (χ0) is 17.0. The molecule has 1 aromatic carbocycles. The van der Waals surface area contributed by atoms with Gasteiger partial charge in [-0.3, -0.25) is 4.79 Å². The average molecular weight is 318 g/mol. The molecule has 23 heavy (non-hydrogen) atoms. The Bertz CT molecular complexity index is 669. The highest BCUT2D eigenvalue weighted by atomic mass is 19.1. The molecule has 124 valence electrons. The fourth-order valence-electron chi connectivity index (χ4n) is 2.10. The van der Waals surface area contributed by atoms with Crippen molar-refractivity contribution in [3.63, 3.8) is 0 Å². The number of aryl methyl sites for hydroxylation is 2. The molecule has 0 saturated heterocycles. The highest BCUT2D eigenvalue weighted by Crippen LogP contribution is 2.24. The van der Waals surface area contributed by atoms with Crippen LogP contribution in [0, 0.1) is 12.7 Å². The molecule has 2 aromatic rings. The van der Waals surface area contributed by atoms with Gasteiger partial charge >= 0.3 is 0 Å². The number of carbonyl (C=O) groups excluding carboxylic acids is 1. The lowest BCUT2D eigenvalue weighted by Gasteiger charge is -2.12. The summed E-state index contributed by atoms with van der Waals surface area (Å²) in [6.07, 6.45) is 0.852. The molecule has 0 radical (unpaired) electrons. The third-order valence-electron chi connectivity index (χ3n) is 3.52. The smallest absolute Gasteiger partial charge is 0.220 e. The van der Waals surface area contributed by atoms with Gasteiger partial charge in [-0.2, -0.15) is 0 Å². The van der Waals surface area contributed by atoms with Crippen LogP contribution in [0.2, 0.25) is 0 Å². The van der Waals surface area contributed by atoms with Crippen LogP contribution in [0.15, 0.2) is 28.7 Å². The fraction of sp³-hybridized carbons (Fsp3) is 0.444. The van der Waals surface area contributed by atoms with Gasteiger partial charge in [0.2, 0.25) is 5.91 Å². The molecule has 0 aliphatic carbocycles. The van der Waals surface area contributed by atoms with Crippen molar-refractivity contribution >= 4 is 5.91 Å². The number of aromatic nitrogens is 1. The van der Waals surface area contributed by atoms with Crippen molar-refractivity contribution in [2.75, 3.05) is 0 Å². The molecule has 0 fully saturated rings. The van der Waals surface area contributed by atoms with Crippen molar-refractivity contribution in [2.45, 2.75) is 52.5 Å². The number of amides is 1. The van der Waals surface area contributed by atoms with Gasteiger partial charge in [-0.25, -0.2) is 9.37 Å². The van der Waals surface area contributed by atoms with Gasteiger partial charge in [0.25, 0.3) is 0 Å². The summed E-state index contributed by atoms with van der Waals surface area (Å²) in [5, 5.41) is 2.82. The van der Waals surface area contributed by atoms with Crippen molar-refractivity contribution < 1.29 is 13.6 Å². The minimum atomic E-state index is -0.282. The Morgan fingerprint density at radius 3 is 2.48 bits per heavy atom. The molecular weight excluding hydrogens is 295 g/mol. The van der Waals surface area contributed by atoms with Crippen LogP contribution >= 0.6 is 0 Å². The highest BCUT2D eigenvalue weighted by molar-refractivity contribution is 5.76. The summed E-state index contributed by atoms with van der Waals surface area (Å²) in [5.41, 5.74) is 1.56. The summed E-state index contributed by atoms with van der Waals surface area (Å²) in [7, 11) is 0. The summed E-state index contributed by atoms with van der Waals surface area (Å²) in [6.45, 7) is 8.40. The Morgan fingerprint density at radius 2 is 1.91 bits per heavy atom. The largest absolute Gasteiger partial charge is 0.445 e. The van der Waals surface area contributed by atoms with Gasteiger partial charge in [-0.1, -0.05) is 32.9 Å². The number of nitrogens with one attached hydrogen (secondary N) is 1. The second-order valence-corrected chi connectivity index (χ2v) is 6.68. The zero-order valence-electron chi connectivity index (χ0n) is 14.1. The lowest BCUT2D eigenvalue weighted by Crippen LogP contribution is -2.23. The third-order valence-corrected chi connectivity index (χ3v) is 3.52. The van der Waals surface area contributed by atoms with Crippen LogP contribution in [0.5, 0.6) is 0 Å². The summed E-state index contributed by atoms with van der Waals surface area (Å²) in [6, 6.07) is 6.08. The maximum absolute atomic E-state index is 12.8. The molecule has 0 spiro atoms. The first-order chi connectivity index (χ1) is 10.8. The monoisotopic (exact) mass is 318 g/mol. The predicted molar refractivity (Wildman–Crippen MR) is 86.5 cm³/mol. The number of oxazole rings is 1. The summed E-state index contributed by atoms with van der Waals surface area (Å²) < 4.78 is 18.6. The van der Waals surface area contributed by atoms with E-state index in [4.69, 9.17) is 4.42 Å². The van der Waals surface area contributed by atoms with Crippen LogP contribution in [0.25, 0.3) is 0 Å². The number of nitrogens with zero attached hydrogens (tertiary/aromatic N) is 1. The maximum atomic E-state index is 12.8. The van der Waals surface area contributed by atoms with Crippen LogP contribution in [-0.4, -0.2) is 10.9 Å². The summed E-state index contributed by atoms with van der Waals surface area (Å²) >= 11 is 0. The van der Waals surface area contributed by atoms with Crippen LogP contribution in [0.1, 0.15) is 50.1 Å². The second-order valence-electron chi connectivity index (χ2n) is 6.68. The zero-order valence-corrected chi connectivity index (χ0v) is 14.1.